The highest BCUT2D eigenvalue weighted by atomic mass is 16.2. The van der Waals surface area contributed by atoms with Crippen molar-refractivity contribution in [1.29, 1.82) is 0 Å². The van der Waals surface area contributed by atoms with Gasteiger partial charge in [0.05, 0.1) is 0 Å². The van der Waals surface area contributed by atoms with E-state index < -0.39 is 0 Å². The molecule has 0 radical (unpaired) electrons. The van der Waals surface area contributed by atoms with Crippen LogP contribution in [0.2, 0.25) is 0 Å². The summed E-state index contributed by atoms with van der Waals surface area (Å²) in [6.45, 7) is 2.24. The van der Waals surface area contributed by atoms with E-state index in [2.05, 4.69) is 9.97 Å². The smallest absolute Gasteiger partial charge is 0.222 e. The number of carbonyl (C=O) groups is 1. The lowest BCUT2D eigenvalue weighted by Gasteiger charge is -2.12. The number of amides is 1. The molecular formula is C10H16N4O. The third-order valence-electron chi connectivity index (χ3n) is 2.05. The van der Waals surface area contributed by atoms with Gasteiger partial charge in [0.1, 0.15) is 6.33 Å². The fraction of sp³-hybridized carbons (Fsp3) is 0.500. The number of carbonyl (C=O) groups excluding carboxylic acids is 1. The maximum Gasteiger partial charge on any atom is 0.222 e. The second-order valence-corrected chi connectivity index (χ2v) is 3.18. The molecule has 0 aromatic carbocycles. The van der Waals surface area contributed by atoms with Crippen molar-refractivity contribution in [3.8, 4) is 0 Å². The molecule has 2 rings (SSSR count). The molecule has 1 aromatic heterocycles. The Morgan fingerprint density at radius 1 is 1.40 bits per heavy atom. The first-order chi connectivity index (χ1) is 7.34. The molecule has 1 aliphatic rings. The van der Waals surface area contributed by atoms with Gasteiger partial charge in [0, 0.05) is 38.4 Å². The van der Waals surface area contributed by atoms with Crippen LogP contribution in [0, 0.1) is 0 Å². The van der Waals surface area contributed by atoms with E-state index in [9.17, 15) is 4.79 Å². The molecule has 0 atom stereocenters. The Labute approximate surface area is 89.3 Å². The second kappa shape index (κ2) is 6.89. The molecule has 0 spiro atoms. The molecule has 2 heterocycles. The molecule has 1 aromatic rings. The molecule has 5 nitrogen and oxygen atoms in total. The van der Waals surface area contributed by atoms with Crippen molar-refractivity contribution in [2.45, 2.75) is 12.8 Å². The Kier molecular flexibility index (Phi) is 5.32. The summed E-state index contributed by atoms with van der Waals surface area (Å²) in [5.41, 5.74) is 5.28. The maximum absolute atomic E-state index is 10.8. The van der Waals surface area contributed by atoms with Crippen molar-refractivity contribution in [3.63, 3.8) is 0 Å². The zero-order chi connectivity index (χ0) is 10.9. The Morgan fingerprint density at radius 2 is 2.13 bits per heavy atom. The SMILES string of the molecule is NCCN1CCCC1=O.c1cncnc1. The third-order valence-corrected chi connectivity index (χ3v) is 2.05. The van der Waals surface area contributed by atoms with Crippen molar-refractivity contribution in [2.24, 2.45) is 5.73 Å². The first-order valence-electron chi connectivity index (χ1n) is 5.02. The highest BCUT2D eigenvalue weighted by Gasteiger charge is 2.18. The van der Waals surface area contributed by atoms with Crippen LogP contribution in [0.5, 0.6) is 0 Å². The standard InChI is InChI=1S/C6H12N2O.C4H4N2/c7-3-5-8-4-1-2-6(8)9;1-2-5-4-6-3-1/h1-5,7H2;1-4H. The summed E-state index contributed by atoms with van der Waals surface area (Å²) in [6.07, 6.45) is 6.61. The molecule has 0 aliphatic carbocycles. The molecule has 1 aliphatic heterocycles. The van der Waals surface area contributed by atoms with Gasteiger partial charge in [-0.1, -0.05) is 0 Å². The van der Waals surface area contributed by atoms with Crippen molar-refractivity contribution >= 4 is 5.91 Å². The summed E-state index contributed by atoms with van der Waals surface area (Å²) in [5.74, 6) is 0.264. The number of hydrogen-bond donors (Lipinski definition) is 1. The van der Waals surface area contributed by atoms with E-state index in [0.29, 0.717) is 6.54 Å². The minimum Gasteiger partial charge on any atom is -0.341 e. The second-order valence-electron chi connectivity index (χ2n) is 3.18. The zero-order valence-corrected chi connectivity index (χ0v) is 8.67. The summed E-state index contributed by atoms with van der Waals surface area (Å²) in [5, 5.41) is 0. The van der Waals surface area contributed by atoms with Crippen molar-refractivity contribution in [1.82, 2.24) is 14.9 Å². The van der Waals surface area contributed by atoms with Gasteiger partial charge in [0.25, 0.3) is 0 Å². The van der Waals surface area contributed by atoms with Crippen LogP contribution in [0.25, 0.3) is 0 Å². The molecule has 0 saturated carbocycles. The minimum atomic E-state index is 0.264. The van der Waals surface area contributed by atoms with Gasteiger partial charge in [-0.15, -0.1) is 0 Å². The third kappa shape index (κ3) is 4.51. The van der Waals surface area contributed by atoms with Gasteiger partial charge >= 0.3 is 0 Å². The molecule has 1 amide bonds. The van der Waals surface area contributed by atoms with E-state index in [1.54, 1.807) is 18.5 Å². The number of rotatable bonds is 2. The van der Waals surface area contributed by atoms with Crippen molar-refractivity contribution in [2.75, 3.05) is 19.6 Å². The molecule has 1 saturated heterocycles. The van der Waals surface area contributed by atoms with Crippen molar-refractivity contribution in [3.05, 3.63) is 24.8 Å². The maximum atomic E-state index is 10.8. The van der Waals surface area contributed by atoms with Crippen LogP contribution in [-0.2, 0) is 4.79 Å². The average molecular weight is 208 g/mol. The number of nitrogens with two attached hydrogens (primary N) is 1. The topological polar surface area (TPSA) is 72.1 Å². The van der Waals surface area contributed by atoms with Crippen LogP contribution in [0.4, 0.5) is 0 Å². The van der Waals surface area contributed by atoms with Gasteiger partial charge in [-0.2, -0.15) is 0 Å². The van der Waals surface area contributed by atoms with Gasteiger partial charge in [0.15, 0.2) is 0 Å². The normalized spacial score (nSPS) is 14.7. The largest absolute Gasteiger partial charge is 0.341 e. The number of hydrogen-bond acceptors (Lipinski definition) is 4. The lowest BCUT2D eigenvalue weighted by atomic mass is 10.4. The fourth-order valence-corrected chi connectivity index (χ4v) is 1.35. The Balaban J connectivity index is 0.000000162. The summed E-state index contributed by atoms with van der Waals surface area (Å²) < 4.78 is 0. The van der Waals surface area contributed by atoms with Crippen LogP contribution >= 0.6 is 0 Å². The predicted octanol–water partition coefficient (Wildman–Crippen LogP) is 0.0441. The number of nitrogens with zero attached hydrogens (tertiary/aromatic N) is 3. The Bertz CT molecular complexity index is 251. The lowest BCUT2D eigenvalue weighted by Crippen LogP contribution is -2.30. The van der Waals surface area contributed by atoms with Crippen LogP contribution in [0.3, 0.4) is 0 Å². The van der Waals surface area contributed by atoms with Crippen molar-refractivity contribution < 1.29 is 4.79 Å². The van der Waals surface area contributed by atoms with E-state index in [4.69, 9.17) is 5.73 Å². The number of likely N-dealkylation sites (tertiary alicyclic amines) is 1. The van der Waals surface area contributed by atoms with Gasteiger partial charge in [0.2, 0.25) is 5.91 Å². The van der Waals surface area contributed by atoms with E-state index in [-0.39, 0.29) is 5.91 Å². The molecular weight excluding hydrogens is 192 g/mol. The molecule has 82 valence electrons. The molecule has 5 heteroatoms. The Morgan fingerprint density at radius 3 is 2.47 bits per heavy atom. The average Bonchev–Trinajstić information content (AvgIpc) is 2.69. The Hall–Kier alpha value is -1.49. The van der Waals surface area contributed by atoms with Crippen LogP contribution in [0.15, 0.2) is 24.8 Å². The van der Waals surface area contributed by atoms with E-state index in [1.165, 1.54) is 6.33 Å². The first-order valence-corrected chi connectivity index (χ1v) is 5.02. The van der Waals surface area contributed by atoms with Gasteiger partial charge in [-0.25, -0.2) is 9.97 Å². The van der Waals surface area contributed by atoms with Crippen LogP contribution in [0.1, 0.15) is 12.8 Å². The van der Waals surface area contributed by atoms with Gasteiger partial charge in [-0.05, 0) is 12.5 Å². The first kappa shape index (κ1) is 11.6. The van der Waals surface area contributed by atoms with Crippen LogP contribution < -0.4 is 5.73 Å². The zero-order valence-electron chi connectivity index (χ0n) is 8.67. The summed E-state index contributed by atoms with van der Waals surface area (Å²) in [6, 6.07) is 1.78. The van der Waals surface area contributed by atoms with E-state index >= 15 is 0 Å². The minimum absolute atomic E-state index is 0.264. The predicted molar refractivity (Wildman–Crippen MR) is 56.9 cm³/mol. The fourth-order valence-electron chi connectivity index (χ4n) is 1.35. The molecule has 1 fully saturated rings. The van der Waals surface area contributed by atoms with Crippen LogP contribution in [-0.4, -0.2) is 40.4 Å². The highest BCUT2D eigenvalue weighted by Crippen LogP contribution is 2.07. The van der Waals surface area contributed by atoms with Gasteiger partial charge < -0.3 is 10.6 Å². The molecule has 0 bridgehead atoms. The van der Waals surface area contributed by atoms with Gasteiger partial charge in [-0.3, -0.25) is 4.79 Å². The van der Waals surface area contributed by atoms with E-state index in [1.807, 2.05) is 4.90 Å². The lowest BCUT2D eigenvalue weighted by molar-refractivity contribution is -0.127. The summed E-state index contributed by atoms with van der Waals surface area (Å²) >= 11 is 0. The molecule has 0 unspecified atom stereocenters. The summed E-state index contributed by atoms with van der Waals surface area (Å²) in [4.78, 5) is 20.0. The van der Waals surface area contributed by atoms with E-state index in [0.717, 1.165) is 25.9 Å². The summed E-state index contributed by atoms with van der Waals surface area (Å²) in [7, 11) is 0. The monoisotopic (exact) mass is 208 g/mol. The quantitative estimate of drug-likeness (QED) is 0.745. The highest BCUT2D eigenvalue weighted by molar-refractivity contribution is 5.78. The molecule has 15 heavy (non-hydrogen) atoms. The molecule has 2 N–H and O–H groups in total. The number of aromatic nitrogens is 2.